The number of benzene rings is 2. The second-order valence-electron chi connectivity index (χ2n) is 6.41. The molecule has 5 nitrogen and oxygen atoms in total. The van der Waals surface area contributed by atoms with Crippen LogP contribution in [0.3, 0.4) is 0 Å². The Labute approximate surface area is 164 Å². The third-order valence-electron chi connectivity index (χ3n) is 4.63. The zero-order chi connectivity index (χ0) is 19.1. The molecule has 5 rings (SSSR count). The zero-order valence-electron chi connectivity index (χ0n) is 14.6. The van der Waals surface area contributed by atoms with Gasteiger partial charge in [-0.25, -0.2) is 4.98 Å². The molecule has 3 aromatic heterocycles. The van der Waals surface area contributed by atoms with Crippen molar-refractivity contribution in [2.75, 3.05) is 0 Å². The van der Waals surface area contributed by atoms with Crippen LogP contribution in [0.2, 0.25) is 0 Å². The molecule has 0 saturated heterocycles. The van der Waals surface area contributed by atoms with Crippen molar-refractivity contribution in [3.8, 4) is 44.3 Å². The van der Waals surface area contributed by atoms with Gasteiger partial charge >= 0.3 is 0 Å². The predicted octanol–water partition coefficient (Wildman–Crippen LogP) is 5.20. The molecule has 0 fully saturated rings. The van der Waals surface area contributed by atoms with Gasteiger partial charge in [-0.2, -0.15) is 9.61 Å². The van der Waals surface area contributed by atoms with Crippen molar-refractivity contribution >= 4 is 17.0 Å². The quantitative estimate of drug-likeness (QED) is 0.448. The SMILES string of the molecule is Oc1cccc(-c2cnc3c(-c4cc(-c5ccccc5)cs4)cnn3c2O)c1. The lowest BCUT2D eigenvalue weighted by Gasteiger charge is -2.06. The van der Waals surface area contributed by atoms with E-state index < -0.39 is 0 Å². The second kappa shape index (κ2) is 6.51. The molecule has 2 N–H and O–H groups in total. The van der Waals surface area contributed by atoms with Crippen molar-refractivity contribution in [3.05, 3.63) is 78.4 Å². The van der Waals surface area contributed by atoms with E-state index in [0.29, 0.717) is 16.8 Å². The van der Waals surface area contributed by atoms with Gasteiger partial charge in [0.25, 0.3) is 0 Å². The van der Waals surface area contributed by atoms with E-state index in [9.17, 15) is 10.2 Å². The van der Waals surface area contributed by atoms with E-state index in [2.05, 4.69) is 33.7 Å². The maximum atomic E-state index is 10.7. The summed E-state index contributed by atoms with van der Waals surface area (Å²) in [5, 5.41) is 26.9. The highest BCUT2D eigenvalue weighted by Crippen LogP contribution is 2.37. The van der Waals surface area contributed by atoms with Crippen LogP contribution < -0.4 is 0 Å². The van der Waals surface area contributed by atoms with E-state index in [-0.39, 0.29) is 11.6 Å². The van der Waals surface area contributed by atoms with Crippen LogP contribution in [0.4, 0.5) is 0 Å². The Hall–Kier alpha value is -3.64. The topological polar surface area (TPSA) is 70.7 Å². The van der Waals surface area contributed by atoms with Crippen LogP contribution >= 0.6 is 11.3 Å². The maximum absolute atomic E-state index is 10.7. The second-order valence-corrected chi connectivity index (χ2v) is 7.32. The largest absolute Gasteiger partial charge is 0.508 e. The Balaban J connectivity index is 1.59. The highest BCUT2D eigenvalue weighted by atomic mass is 32.1. The smallest absolute Gasteiger partial charge is 0.223 e. The van der Waals surface area contributed by atoms with E-state index in [4.69, 9.17) is 0 Å². The Kier molecular flexibility index (Phi) is 3.84. The van der Waals surface area contributed by atoms with Gasteiger partial charge in [0.1, 0.15) is 5.75 Å². The number of aromatic nitrogens is 3. The summed E-state index contributed by atoms with van der Waals surface area (Å²) in [5.41, 5.74) is 4.93. The molecule has 0 atom stereocenters. The van der Waals surface area contributed by atoms with E-state index in [1.54, 1.807) is 48.0 Å². The fraction of sp³-hybridized carbons (Fsp3) is 0. The molecule has 0 unspecified atom stereocenters. The highest BCUT2D eigenvalue weighted by Gasteiger charge is 2.16. The first-order valence-electron chi connectivity index (χ1n) is 8.70. The number of thiophene rings is 1. The Morgan fingerprint density at radius 1 is 0.786 bits per heavy atom. The third kappa shape index (κ3) is 2.71. The lowest BCUT2D eigenvalue weighted by atomic mass is 10.1. The monoisotopic (exact) mass is 385 g/mol. The molecule has 136 valence electrons. The van der Waals surface area contributed by atoms with Crippen LogP contribution in [-0.2, 0) is 0 Å². The molecule has 0 aliphatic rings. The molecule has 6 heteroatoms. The van der Waals surface area contributed by atoms with Crippen LogP contribution in [0.5, 0.6) is 11.6 Å². The van der Waals surface area contributed by atoms with Crippen LogP contribution in [0.1, 0.15) is 0 Å². The molecule has 0 saturated carbocycles. The van der Waals surface area contributed by atoms with Gasteiger partial charge in [0.05, 0.1) is 17.3 Å². The molecule has 0 bridgehead atoms. The van der Waals surface area contributed by atoms with E-state index in [0.717, 1.165) is 21.6 Å². The minimum Gasteiger partial charge on any atom is -0.508 e. The first kappa shape index (κ1) is 16.5. The number of phenolic OH excluding ortho intramolecular Hbond substituents is 1. The summed E-state index contributed by atoms with van der Waals surface area (Å²) in [4.78, 5) is 5.57. The number of hydrogen-bond acceptors (Lipinski definition) is 5. The average molecular weight is 385 g/mol. The fourth-order valence-electron chi connectivity index (χ4n) is 3.23. The van der Waals surface area contributed by atoms with E-state index >= 15 is 0 Å². The van der Waals surface area contributed by atoms with Gasteiger partial charge in [-0.1, -0.05) is 42.5 Å². The van der Waals surface area contributed by atoms with Crippen molar-refractivity contribution in [2.24, 2.45) is 0 Å². The number of hydrogen-bond donors (Lipinski definition) is 2. The molecule has 0 aliphatic heterocycles. The molecule has 0 spiro atoms. The number of fused-ring (bicyclic) bond motifs is 1. The summed E-state index contributed by atoms with van der Waals surface area (Å²) in [7, 11) is 0. The lowest BCUT2D eigenvalue weighted by Crippen LogP contribution is -1.94. The van der Waals surface area contributed by atoms with Gasteiger partial charge in [0, 0.05) is 11.1 Å². The summed E-state index contributed by atoms with van der Waals surface area (Å²) < 4.78 is 1.43. The molecule has 3 heterocycles. The highest BCUT2D eigenvalue weighted by molar-refractivity contribution is 7.14. The minimum atomic E-state index is -0.0123. The zero-order valence-corrected chi connectivity index (χ0v) is 15.5. The average Bonchev–Trinajstić information content (AvgIpc) is 3.36. The molecular weight excluding hydrogens is 370 g/mol. The number of nitrogens with zero attached hydrogens (tertiary/aromatic N) is 3. The summed E-state index contributed by atoms with van der Waals surface area (Å²) in [6.07, 6.45) is 3.32. The molecule has 28 heavy (non-hydrogen) atoms. The van der Waals surface area contributed by atoms with Crippen LogP contribution in [0, 0.1) is 0 Å². The third-order valence-corrected chi connectivity index (χ3v) is 5.59. The standard InChI is InChI=1S/C22H15N3O2S/c26-17-8-4-7-15(9-17)18-11-23-21-19(12-24-25(21)22(18)27)20-10-16(13-28-20)14-5-2-1-3-6-14/h1-13,26-27H. The first-order valence-corrected chi connectivity index (χ1v) is 9.58. The number of phenols is 1. The van der Waals surface area contributed by atoms with Crippen LogP contribution in [0.25, 0.3) is 38.3 Å². The molecular formula is C22H15N3O2S. The lowest BCUT2D eigenvalue weighted by molar-refractivity contribution is 0.437. The van der Waals surface area contributed by atoms with Crippen molar-refractivity contribution in [1.82, 2.24) is 14.6 Å². The summed E-state index contributed by atoms with van der Waals surface area (Å²) in [6, 6.07) is 19.0. The molecule has 0 amide bonds. The van der Waals surface area contributed by atoms with Crippen molar-refractivity contribution in [2.45, 2.75) is 0 Å². The van der Waals surface area contributed by atoms with Gasteiger partial charge < -0.3 is 10.2 Å². The van der Waals surface area contributed by atoms with Gasteiger partial charge in [0.2, 0.25) is 5.88 Å². The van der Waals surface area contributed by atoms with Crippen molar-refractivity contribution in [3.63, 3.8) is 0 Å². The normalized spacial score (nSPS) is 11.1. The van der Waals surface area contributed by atoms with Gasteiger partial charge in [0.15, 0.2) is 5.65 Å². The molecule has 0 aliphatic carbocycles. The minimum absolute atomic E-state index is 0.0123. The van der Waals surface area contributed by atoms with Gasteiger partial charge in [-0.15, -0.1) is 11.3 Å². The van der Waals surface area contributed by atoms with Crippen molar-refractivity contribution in [1.29, 1.82) is 0 Å². The van der Waals surface area contributed by atoms with E-state index in [1.165, 1.54) is 4.52 Å². The maximum Gasteiger partial charge on any atom is 0.223 e. The summed E-state index contributed by atoms with van der Waals surface area (Å²) in [5.74, 6) is 0.117. The first-order chi connectivity index (χ1) is 13.7. The van der Waals surface area contributed by atoms with Gasteiger partial charge in [-0.05, 0) is 40.3 Å². The van der Waals surface area contributed by atoms with Gasteiger partial charge in [-0.3, -0.25) is 0 Å². The number of rotatable bonds is 3. The van der Waals surface area contributed by atoms with Crippen LogP contribution in [-0.4, -0.2) is 24.8 Å². The predicted molar refractivity (Wildman–Crippen MR) is 111 cm³/mol. The van der Waals surface area contributed by atoms with E-state index in [1.807, 2.05) is 18.2 Å². The van der Waals surface area contributed by atoms with Crippen LogP contribution in [0.15, 0.2) is 78.4 Å². The van der Waals surface area contributed by atoms with Crippen molar-refractivity contribution < 1.29 is 10.2 Å². The molecule has 0 radical (unpaired) electrons. The Morgan fingerprint density at radius 3 is 2.43 bits per heavy atom. The fourth-order valence-corrected chi connectivity index (χ4v) is 4.15. The Morgan fingerprint density at radius 2 is 1.61 bits per heavy atom. The molecule has 2 aromatic carbocycles. The summed E-state index contributed by atoms with van der Waals surface area (Å²) >= 11 is 1.62. The number of aromatic hydroxyl groups is 2. The Bertz CT molecular complexity index is 1290. The molecule has 5 aromatic rings. The summed E-state index contributed by atoms with van der Waals surface area (Å²) in [6.45, 7) is 0.